The highest BCUT2D eigenvalue weighted by atomic mass is 79.9. The molecular weight excluding hydrogens is 354 g/mol. The summed E-state index contributed by atoms with van der Waals surface area (Å²) in [5, 5.41) is 4.37. The molecule has 0 spiro atoms. The normalized spacial score (nSPS) is 10.8. The zero-order valence-corrected chi connectivity index (χ0v) is 13.2. The summed E-state index contributed by atoms with van der Waals surface area (Å²) in [4.78, 5) is 16.1. The summed E-state index contributed by atoms with van der Waals surface area (Å²) in [5.74, 6) is 0.351. The second-order valence-electron chi connectivity index (χ2n) is 4.56. The fourth-order valence-electron chi connectivity index (χ4n) is 2.08. The van der Waals surface area contributed by atoms with E-state index in [4.69, 9.17) is 11.6 Å². The van der Waals surface area contributed by atoms with Crippen LogP contribution in [0.15, 0.2) is 53.3 Å². The molecule has 0 aliphatic carbocycles. The number of fused-ring (bicyclic) bond motifs is 1. The van der Waals surface area contributed by atoms with Gasteiger partial charge in [0.2, 0.25) is 5.91 Å². The molecule has 106 valence electrons. The molecule has 1 aromatic carbocycles. The lowest BCUT2D eigenvalue weighted by Crippen LogP contribution is -2.18. The maximum atomic E-state index is 12.1. The molecule has 4 nitrogen and oxygen atoms in total. The largest absolute Gasteiger partial charge is 0.338 e. The Labute approximate surface area is 134 Å². The predicted octanol–water partition coefficient (Wildman–Crippen LogP) is 4.09. The topological polar surface area (TPSA) is 46.9 Å². The third-order valence-corrected chi connectivity index (χ3v) is 3.76. The first-order valence-corrected chi connectivity index (χ1v) is 7.45. The number of halogens is 2. The smallest absolute Gasteiger partial charge is 0.245 e. The van der Waals surface area contributed by atoms with E-state index in [1.807, 2.05) is 35.0 Å². The molecule has 0 fully saturated rings. The Morgan fingerprint density at radius 3 is 2.90 bits per heavy atom. The Balaban J connectivity index is 1.77. The van der Waals surface area contributed by atoms with Gasteiger partial charge in [-0.3, -0.25) is 4.79 Å². The highest BCUT2D eigenvalue weighted by molar-refractivity contribution is 9.10. The van der Waals surface area contributed by atoms with Gasteiger partial charge in [-0.2, -0.15) is 0 Å². The Morgan fingerprint density at radius 2 is 2.14 bits per heavy atom. The number of nitrogens with one attached hydrogen (secondary N) is 1. The van der Waals surface area contributed by atoms with Gasteiger partial charge in [0.1, 0.15) is 12.4 Å². The minimum atomic E-state index is -0.137. The fourth-order valence-corrected chi connectivity index (χ4v) is 2.54. The molecule has 0 bridgehead atoms. The van der Waals surface area contributed by atoms with E-state index in [9.17, 15) is 4.79 Å². The highest BCUT2D eigenvalue weighted by Gasteiger charge is 2.07. The van der Waals surface area contributed by atoms with E-state index in [2.05, 4.69) is 26.2 Å². The van der Waals surface area contributed by atoms with Gasteiger partial charge in [0.05, 0.1) is 5.02 Å². The van der Waals surface area contributed by atoms with Crippen molar-refractivity contribution < 1.29 is 4.79 Å². The lowest BCUT2D eigenvalue weighted by molar-refractivity contribution is -0.116. The van der Waals surface area contributed by atoms with Crippen molar-refractivity contribution in [1.82, 2.24) is 9.55 Å². The van der Waals surface area contributed by atoms with Gasteiger partial charge in [0.15, 0.2) is 0 Å². The van der Waals surface area contributed by atoms with Gasteiger partial charge >= 0.3 is 0 Å². The van der Waals surface area contributed by atoms with Crippen molar-refractivity contribution in [2.45, 2.75) is 6.54 Å². The monoisotopic (exact) mass is 363 g/mol. The van der Waals surface area contributed by atoms with Crippen molar-refractivity contribution in [3.63, 3.8) is 0 Å². The van der Waals surface area contributed by atoms with Crippen LogP contribution >= 0.6 is 27.5 Å². The third kappa shape index (κ3) is 3.25. The van der Waals surface area contributed by atoms with Crippen LogP contribution in [-0.2, 0) is 11.3 Å². The molecule has 2 aromatic heterocycles. The molecular formula is C15H11BrClN3O. The summed E-state index contributed by atoms with van der Waals surface area (Å²) in [6.07, 6.45) is 3.39. The van der Waals surface area contributed by atoms with Gasteiger partial charge in [0, 0.05) is 22.4 Å². The second kappa shape index (κ2) is 5.87. The van der Waals surface area contributed by atoms with E-state index in [-0.39, 0.29) is 12.5 Å². The van der Waals surface area contributed by atoms with Crippen molar-refractivity contribution in [2.24, 2.45) is 0 Å². The summed E-state index contributed by atoms with van der Waals surface area (Å²) in [6.45, 7) is 0.226. The fraction of sp³-hybridized carbons (Fsp3) is 0.0667. The minimum absolute atomic E-state index is 0.137. The van der Waals surface area contributed by atoms with Crippen LogP contribution in [0.3, 0.4) is 0 Å². The predicted molar refractivity (Wildman–Crippen MR) is 87.5 cm³/mol. The van der Waals surface area contributed by atoms with E-state index in [1.54, 1.807) is 12.1 Å². The Hall–Kier alpha value is -1.85. The number of hydrogen-bond acceptors (Lipinski definition) is 2. The average Bonchev–Trinajstić information content (AvgIpc) is 2.84. The molecule has 0 saturated heterocycles. The molecule has 0 atom stereocenters. The van der Waals surface area contributed by atoms with Crippen molar-refractivity contribution in [3.8, 4) is 0 Å². The molecule has 3 rings (SSSR count). The van der Waals surface area contributed by atoms with Gasteiger partial charge in [-0.15, -0.1) is 0 Å². The number of aromatic nitrogens is 2. The molecule has 1 amide bonds. The quantitative estimate of drug-likeness (QED) is 0.761. The molecule has 6 heteroatoms. The lowest BCUT2D eigenvalue weighted by atomic mass is 10.2. The average molecular weight is 365 g/mol. The van der Waals surface area contributed by atoms with Crippen molar-refractivity contribution in [1.29, 1.82) is 0 Å². The summed E-state index contributed by atoms with van der Waals surface area (Å²) in [6, 6.07) is 11.3. The molecule has 1 N–H and O–H groups in total. The zero-order valence-electron chi connectivity index (χ0n) is 10.9. The zero-order chi connectivity index (χ0) is 14.8. The van der Waals surface area contributed by atoms with Crippen LogP contribution in [-0.4, -0.2) is 15.5 Å². The van der Waals surface area contributed by atoms with Crippen LogP contribution in [0.5, 0.6) is 0 Å². The van der Waals surface area contributed by atoms with Crippen LogP contribution in [0, 0.1) is 0 Å². The van der Waals surface area contributed by atoms with E-state index < -0.39 is 0 Å². The van der Waals surface area contributed by atoms with E-state index in [1.165, 1.54) is 6.20 Å². The molecule has 21 heavy (non-hydrogen) atoms. The first-order valence-electron chi connectivity index (χ1n) is 6.27. The maximum Gasteiger partial charge on any atom is 0.245 e. The van der Waals surface area contributed by atoms with Crippen LogP contribution < -0.4 is 5.32 Å². The number of benzene rings is 1. The minimum Gasteiger partial charge on any atom is -0.338 e. The number of hydrogen-bond donors (Lipinski definition) is 1. The first kappa shape index (κ1) is 14.1. The van der Waals surface area contributed by atoms with Crippen LogP contribution in [0.25, 0.3) is 10.9 Å². The van der Waals surface area contributed by atoms with E-state index in [0.29, 0.717) is 10.8 Å². The maximum absolute atomic E-state index is 12.1. The molecule has 0 radical (unpaired) electrons. The van der Waals surface area contributed by atoms with Crippen LogP contribution in [0.4, 0.5) is 5.82 Å². The molecule has 0 aliphatic heterocycles. The number of carbonyl (C=O) groups is 1. The number of carbonyl (C=O) groups excluding carboxylic acids is 1. The summed E-state index contributed by atoms with van der Waals surface area (Å²) < 4.78 is 2.88. The number of nitrogens with zero attached hydrogens (tertiary/aromatic N) is 2. The second-order valence-corrected chi connectivity index (χ2v) is 5.91. The van der Waals surface area contributed by atoms with Gasteiger partial charge in [0.25, 0.3) is 0 Å². The number of rotatable bonds is 3. The van der Waals surface area contributed by atoms with Gasteiger partial charge in [-0.05, 0) is 35.7 Å². The SMILES string of the molecule is O=C(Cn1ccc2ccc(Br)cc21)Nc1ccc(Cl)cn1. The van der Waals surface area contributed by atoms with Gasteiger partial charge in [-0.25, -0.2) is 4.98 Å². The van der Waals surface area contributed by atoms with E-state index in [0.717, 1.165) is 15.4 Å². The lowest BCUT2D eigenvalue weighted by Gasteiger charge is -2.07. The van der Waals surface area contributed by atoms with Crippen molar-refractivity contribution >= 4 is 50.2 Å². The van der Waals surface area contributed by atoms with E-state index >= 15 is 0 Å². The molecule has 0 saturated carbocycles. The summed E-state index contributed by atoms with van der Waals surface area (Å²) >= 11 is 9.20. The molecule has 2 heterocycles. The molecule has 0 aliphatic rings. The number of amides is 1. The van der Waals surface area contributed by atoms with Crippen LogP contribution in [0.1, 0.15) is 0 Å². The summed E-state index contributed by atoms with van der Waals surface area (Å²) in [7, 11) is 0. The Bertz CT molecular complexity index is 798. The first-order chi connectivity index (χ1) is 10.1. The Morgan fingerprint density at radius 1 is 1.29 bits per heavy atom. The number of anilines is 1. The highest BCUT2D eigenvalue weighted by Crippen LogP contribution is 2.21. The van der Waals surface area contributed by atoms with Gasteiger partial charge < -0.3 is 9.88 Å². The Kier molecular flexibility index (Phi) is 3.94. The van der Waals surface area contributed by atoms with Gasteiger partial charge in [-0.1, -0.05) is 33.6 Å². The van der Waals surface area contributed by atoms with Crippen molar-refractivity contribution in [2.75, 3.05) is 5.32 Å². The molecule has 3 aromatic rings. The summed E-state index contributed by atoms with van der Waals surface area (Å²) in [5.41, 5.74) is 1.00. The number of pyridine rings is 1. The third-order valence-electron chi connectivity index (χ3n) is 3.04. The molecule has 0 unspecified atom stereocenters. The standard InChI is InChI=1S/C15H11BrClN3O/c16-11-2-1-10-5-6-20(13(10)7-11)9-15(21)19-14-4-3-12(17)8-18-14/h1-8H,9H2,(H,18,19,21). The van der Waals surface area contributed by atoms with Crippen molar-refractivity contribution in [3.05, 3.63) is 58.3 Å². The van der Waals surface area contributed by atoms with Crippen LogP contribution in [0.2, 0.25) is 5.02 Å².